The summed E-state index contributed by atoms with van der Waals surface area (Å²) in [5, 5.41) is 3.41. The van der Waals surface area contributed by atoms with Gasteiger partial charge in [-0.3, -0.25) is 5.43 Å². The molecule has 0 amide bonds. The lowest BCUT2D eigenvalue weighted by Gasteiger charge is -2.32. The standard InChI is InChI=1S/C14H25N7/c1-10(11-6-5-7-11)16-12-17-13(20-15)19-14(18-12)21-8-3-2-4-9-21/h10-11H,2-9,15H2,1H3,(H2,16,17,18,19,20). The molecule has 0 spiro atoms. The third-order valence-corrected chi connectivity index (χ3v) is 4.61. The van der Waals surface area contributed by atoms with Crippen LogP contribution in [0, 0.1) is 5.92 Å². The molecule has 1 aromatic rings. The van der Waals surface area contributed by atoms with Crippen molar-refractivity contribution in [2.75, 3.05) is 28.7 Å². The van der Waals surface area contributed by atoms with Gasteiger partial charge in [-0.2, -0.15) is 15.0 Å². The first-order chi connectivity index (χ1) is 10.3. The van der Waals surface area contributed by atoms with Crippen molar-refractivity contribution >= 4 is 17.8 Å². The minimum Gasteiger partial charge on any atom is -0.351 e. The average Bonchev–Trinajstić information content (AvgIpc) is 2.46. The van der Waals surface area contributed by atoms with E-state index in [0.29, 0.717) is 17.9 Å². The molecule has 1 saturated heterocycles. The van der Waals surface area contributed by atoms with Gasteiger partial charge in [0, 0.05) is 19.1 Å². The van der Waals surface area contributed by atoms with E-state index in [4.69, 9.17) is 5.84 Å². The molecule has 1 atom stereocenters. The second kappa shape index (κ2) is 6.43. The number of nitrogens with two attached hydrogens (primary N) is 1. The molecule has 2 aliphatic rings. The normalized spacial score (nSPS) is 20.8. The average molecular weight is 291 g/mol. The summed E-state index contributed by atoms with van der Waals surface area (Å²) in [6.07, 6.45) is 7.59. The van der Waals surface area contributed by atoms with Crippen molar-refractivity contribution in [3.05, 3.63) is 0 Å². The number of hydrogen-bond donors (Lipinski definition) is 3. The third kappa shape index (κ3) is 3.34. The number of aromatic nitrogens is 3. The van der Waals surface area contributed by atoms with Gasteiger partial charge in [-0.05, 0) is 44.9 Å². The van der Waals surface area contributed by atoms with Crippen molar-refractivity contribution in [1.29, 1.82) is 0 Å². The SMILES string of the molecule is CC(Nc1nc(NN)nc(N2CCCCC2)n1)C1CCC1. The molecule has 116 valence electrons. The van der Waals surface area contributed by atoms with Crippen LogP contribution in [0.3, 0.4) is 0 Å². The molecule has 4 N–H and O–H groups in total. The minimum atomic E-state index is 0.390. The van der Waals surface area contributed by atoms with E-state index in [2.05, 4.69) is 37.5 Å². The van der Waals surface area contributed by atoms with Gasteiger partial charge in [-0.25, -0.2) is 5.84 Å². The van der Waals surface area contributed by atoms with Crippen LogP contribution < -0.4 is 21.5 Å². The summed E-state index contributed by atoms with van der Waals surface area (Å²) in [5.41, 5.74) is 2.55. The molecule has 1 aromatic heterocycles. The van der Waals surface area contributed by atoms with Crippen LogP contribution in [-0.2, 0) is 0 Å². The molecule has 1 aliphatic carbocycles. The fourth-order valence-electron chi connectivity index (χ4n) is 2.99. The second-order valence-corrected chi connectivity index (χ2v) is 6.10. The van der Waals surface area contributed by atoms with E-state index in [1.54, 1.807) is 0 Å². The molecule has 7 heteroatoms. The fraction of sp³-hybridized carbons (Fsp3) is 0.786. The van der Waals surface area contributed by atoms with Crippen LogP contribution in [0.5, 0.6) is 0 Å². The van der Waals surface area contributed by atoms with Gasteiger partial charge in [0.05, 0.1) is 0 Å². The number of hydrazine groups is 1. The van der Waals surface area contributed by atoms with Gasteiger partial charge in [-0.1, -0.05) is 6.42 Å². The van der Waals surface area contributed by atoms with Crippen LogP contribution in [0.25, 0.3) is 0 Å². The van der Waals surface area contributed by atoms with Crippen molar-refractivity contribution in [3.63, 3.8) is 0 Å². The zero-order valence-electron chi connectivity index (χ0n) is 12.7. The number of nitrogen functional groups attached to an aromatic ring is 1. The Kier molecular flexibility index (Phi) is 4.38. The predicted molar refractivity (Wildman–Crippen MR) is 84.1 cm³/mol. The van der Waals surface area contributed by atoms with Gasteiger partial charge in [0.2, 0.25) is 17.8 Å². The molecule has 1 unspecified atom stereocenters. The van der Waals surface area contributed by atoms with E-state index in [-0.39, 0.29) is 0 Å². The molecular formula is C14H25N7. The van der Waals surface area contributed by atoms with Crippen molar-refractivity contribution in [1.82, 2.24) is 15.0 Å². The molecular weight excluding hydrogens is 266 g/mol. The number of anilines is 3. The largest absolute Gasteiger partial charge is 0.351 e. The minimum absolute atomic E-state index is 0.390. The number of piperidine rings is 1. The molecule has 2 heterocycles. The highest BCUT2D eigenvalue weighted by Crippen LogP contribution is 2.30. The summed E-state index contributed by atoms with van der Waals surface area (Å²) >= 11 is 0. The van der Waals surface area contributed by atoms with Gasteiger partial charge in [0.1, 0.15) is 0 Å². The number of rotatable bonds is 5. The van der Waals surface area contributed by atoms with E-state index in [0.717, 1.165) is 25.0 Å². The van der Waals surface area contributed by atoms with Crippen LogP contribution in [0.4, 0.5) is 17.8 Å². The Labute approximate surface area is 125 Å². The van der Waals surface area contributed by atoms with Crippen LogP contribution in [0.2, 0.25) is 0 Å². The van der Waals surface area contributed by atoms with Crippen molar-refractivity contribution < 1.29 is 0 Å². The summed E-state index contributed by atoms with van der Waals surface area (Å²) in [7, 11) is 0. The second-order valence-electron chi connectivity index (χ2n) is 6.10. The highest BCUT2D eigenvalue weighted by molar-refractivity contribution is 5.44. The molecule has 3 rings (SSSR count). The lowest BCUT2D eigenvalue weighted by molar-refractivity contribution is 0.284. The first-order valence-corrected chi connectivity index (χ1v) is 8.00. The number of hydrogen-bond acceptors (Lipinski definition) is 7. The van der Waals surface area contributed by atoms with Crippen LogP contribution in [0.1, 0.15) is 45.4 Å². The van der Waals surface area contributed by atoms with Gasteiger partial charge in [0.25, 0.3) is 0 Å². The summed E-state index contributed by atoms with van der Waals surface area (Å²) in [6.45, 7) is 4.21. The Hall–Kier alpha value is -1.63. The highest BCUT2D eigenvalue weighted by Gasteiger charge is 2.25. The molecule has 0 aromatic carbocycles. The maximum Gasteiger partial charge on any atom is 0.243 e. The van der Waals surface area contributed by atoms with Gasteiger partial charge >= 0.3 is 0 Å². The zero-order chi connectivity index (χ0) is 14.7. The zero-order valence-corrected chi connectivity index (χ0v) is 12.7. The van der Waals surface area contributed by atoms with Gasteiger partial charge in [-0.15, -0.1) is 0 Å². The predicted octanol–water partition coefficient (Wildman–Crippen LogP) is 1.75. The number of nitrogens with one attached hydrogen (secondary N) is 2. The van der Waals surface area contributed by atoms with Crippen molar-refractivity contribution in [3.8, 4) is 0 Å². The first kappa shape index (κ1) is 14.3. The molecule has 0 radical (unpaired) electrons. The fourth-order valence-corrected chi connectivity index (χ4v) is 2.99. The smallest absolute Gasteiger partial charge is 0.243 e. The summed E-state index contributed by atoms with van der Waals surface area (Å²) in [5.74, 6) is 8.00. The topological polar surface area (TPSA) is 92.0 Å². The van der Waals surface area contributed by atoms with Crippen LogP contribution in [0.15, 0.2) is 0 Å². The lowest BCUT2D eigenvalue weighted by atomic mass is 9.80. The van der Waals surface area contributed by atoms with E-state index < -0.39 is 0 Å². The van der Waals surface area contributed by atoms with Crippen molar-refractivity contribution in [2.24, 2.45) is 11.8 Å². The number of nitrogens with zero attached hydrogens (tertiary/aromatic N) is 4. The Balaban J connectivity index is 1.75. The molecule has 1 aliphatic heterocycles. The summed E-state index contributed by atoms with van der Waals surface area (Å²) < 4.78 is 0. The van der Waals surface area contributed by atoms with E-state index >= 15 is 0 Å². The maximum atomic E-state index is 5.50. The van der Waals surface area contributed by atoms with Gasteiger partial charge in [0.15, 0.2) is 0 Å². The summed E-state index contributed by atoms with van der Waals surface area (Å²) in [4.78, 5) is 15.5. The molecule has 1 saturated carbocycles. The van der Waals surface area contributed by atoms with E-state index in [9.17, 15) is 0 Å². The monoisotopic (exact) mass is 291 g/mol. The lowest BCUT2D eigenvalue weighted by Crippen LogP contribution is -2.34. The Morgan fingerprint density at radius 2 is 1.76 bits per heavy atom. The van der Waals surface area contributed by atoms with Gasteiger partial charge < -0.3 is 10.2 Å². The Morgan fingerprint density at radius 3 is 2.38 bits per heavy atom. The molecule has 7 nitrogen and oxygen atoms in total. The van der Waals surface area contributed by atoms with Crippen LogP contribution >= 0.6 is 0 Å². The van der Waals surface area contributed by atoms with Crippen LogP contribution in [-0.4, -0.2) is 34.1 Å². The van der Waals surface area contributed by atoms with Crippen molar-refractivity contribution in [2.45, 2.75) is 51.5 Å². The van der Waals surface area contributed by atoms with E-state index in [1.165, 1.54) is 38.5 Å². The summed E-state index contributed by atoms with van der Waals surface area (Å²) in [6, 6.07) is 0.390. The Morgan fingerprint density at radius 1 is 1.05 bits per heavy atom. The van der Waals surface area contributed by atoms with E-state index in [1.807, 2.05) is 0 Å². The Bertz CT molecular complexity index is 468. The maximum absolute atomic E-state index is 5.50. The molecule has 0 bridgehead atoms. The first-order valence-electron chi connectivity index (χ1n) is 8.00. The highest BCUT2D eigenvalue weighted by atomic mass is 15.4. The molecule has 2 fully saturated rings. The molecule has 21 heavy (non-hydrogen) atoms. The third-order valence-electron chi connectivity index (χ3n) is 4.61. The quantitative estimate of drug-likeness (QED) is 0.562.